The van der Waals surface area contributed by atoms with E-state index in [1.165, 1.54) is 0 Å². The zero-order valence-electron chi connectivity index (χ0n) is 14.2. The molecule has 6 heteroatoms. The van der Waals surface area contributed by atoms with Gasteiger partial charge < -0.3 is 9.84 Å². The third-order valence-electron chi connectivity index (χ3n) is 4.73. The molecule has 0 fully saturated rings. The van der Waals surface area contributed by atoms with E-state index >= 15 is 0 Å². The molecule has 0 amide bonds. The van der Waals surface area contributed by atoms with Crippen molar-refractivity contribution in [3.63, 3.8) is 0 Å². The summed E-state index contributed by atoms with van der Waals surface area (Å²) in [6.07, 6.45) is 1.71. The molecule has 0 unspecified atom stereocenters. The Morgan fingerprint density at radius 1 is 1.16 bits per heavy atom. The van der Waals surface area contributed by atoms with Gasteiger partial charge in [-0.2, -0.15) is 0 Å². The lowest BCUT2D eigenvalue weighted by atomic mass is 9.96. The van der Waals surface area contributed by atoms with Crippen LogP contribution in [0.3, 0.4) is 0 Å². The topological polar surface area (TPSA) is 75.6 Å². The van der Waals surface area contributed by atoms with Crippen LogP contribution < -0.4 is 9.46 Å². The minimum absolute atomic E-state index is 0.00889. The van der Waals surface area contributed by atoms with Crippen molar-refractivity contribution >= 4 is 10.0 Å². The number of benzene rings is 2. The highest BCUT2D eigenvalue weighted by atomic mass is 32.2. The molecule has 2 aromatic carbocycles. The fraction of sp³-hybridized carbons (Fsp3) is 0.368. The number of fused-ring (bicyclic) bond motifs is 1. The molecule has 1 aliphatic rings. The quantitative estimate of drug-likeness (QED) is 0.791. The average molecular weight is 361 g/mol. The van der Waals surface area contributed by atoms with Crippen LogP contribution in [0.5, 0.6) is 5.75 Å². The maximum atomic E-state index is 12.3. The normalized spacial score (nSPS) is 19.6. The van der Waals surface area contributed by atoms with Crippen molar-refractivity contribution in [3.05, 3.63) is 65.2 Å². The Morgan fingerprint density at radius 3 is 2.60 bits per heavy atom. The van der Waals surface area contributed by atoms with Gasteiger partial charge in [0.05, 0.1) is 12.9 Å². The zero-order chi connectivity index (χ0) is 17.9. The second-order valence-electron chi connectivity index (χ2n) is 6.43. The number of aryl methyl sites for hydroxylation is 2. The van der Waals surface area contributed by atoms with Crippen molar-refractivity contribution in [2.75, 3.05) is 19.4 Å². The molecule has 1 aliphatic carbocycles. The molecule has 0 aromatic heterocycles. The second kappa shape index (κ2) is 7.15. The van der Waals surface area contributed by atoms with Gasteiger partial charge in [0, 0.05) is 6.54 Å². The molecule has 1 atom stereocenters. The van der Waals surface area contributed by atoms with E-state index in [0.717, 1.165) is 28.9 Å². The molecule has 0 aliphatic heterocycles. The SMILES string of the molecule is COc1ccc(CCS(=O)(=O)NC[C@]2(O)CCc3ccccc32)cc1. The molecule has 134 valence electrons. The highest BCUT2D eigenvalue weighted by molar-refractivity contribution is 7.89. The van der Waals surface area contributed by atoms with E-state index in [9.17, 15) is 13.5 Å². The van der Waals surface area contributed by atoms with Crippen LogP contribution in [0.15, 0.2) is 48.5 Å². The van der Waals surface area contributed by atoms with Gasteiger partial charge in [0.2, 0.25) is 10.0 Å². The third kappa shape index (κ3) is 4.21. The molecule has 25 heavy (non-hydrogen) atoms. The molecule has 5 nitrogen and oxygen atoms in total. The number of ether oxygens (including phenoxy) is 1. The molecule has 0 bridgehead atoms. The van der Waals surface area contributed by atoms with Gasteiger partial charge >= 0.3 is 0 Å². The predicted molar refractivity (Wildman–Crippen MR) is 97.1 cm³/mol. The van der Waals surface area contributed by atoms with Crippen LogP contribution in [-0.4, -0.2) is 32.9 Å². The van der Waals surface area contributed by atoms with Gasteiger partial charge in [-0.25, -0.2) is 13.1 Å². The summed E-state index contributed by atoms with van der Waals surface area (Å²) in [5.74, 6) is 0.726. The number of aliphatic hydroxyl groups is 1. The Hall–Kier alpha value is -1.89. The van der Waals surface area contributed by atoms with Crippen molar-refractivity contribution in [2.45, 2.75) is 24.9 Å². The van der Waals surface area contributed by atoms with Crippen molar-refractivity contribution < 1.29 is 18.3 Å². The largest absolute Gasteiger partial charge is 0.497 e. The van der Waals surface area contributed by atoms with Gasteiger partial charge in [-0.05, 0) is 48.1 Å². The van der Waals surface area contributed by atoms with Crippen molar-refractivity contribution in [3.8, 4) is 5.75 Å². The number of nitrogens with one attached hydrogen (secondary N) is 1. The molecule has 0 saturated carbocycles. The van der Waals surface area contributed by atoms with Gasteiger partial charge in [-0.15, -0.1) is 0 Å². The fourth-order valence-electron chi connectivity index (χ4n) is 3.20. The maximum absolute atomic E-state index is 12.3. The number of hydrogen-bond acceptors (Lipinski definition) is 4. The van der Waals surface area contributed by atoms with Crippen LogP contribution in [0.25, 0.3) is 0 Å². The van der Waals surface area contributed by atoms with Crippen LogP contribution in [0.1, 0.15) is 23.1 Å². The first kappa shape index (κ1) is 17.9. The number of rotatable bonds is 7. The smallest absolute Gasteiger partial charge is 0.212 e. The molecule has 0 heterocycles. The first-order valence-electron chi connectivity index (χ1n) is 8.33. The van der Waals surface area contributed by atoms with E-state index in [0.29, 0.717) is 12.8 Å². The van der Waals surface area contributed by atoms with Crippen molar-refractivity contribution in [1.29, 1.82) is 0 Å². The van der Waals surface area contributed by atoms with E-state index < -0.39 is 15.6 Å². The number of hydrogen-bond donors (Lipinski definition) is 2. The first-order valence-corrected chi connectivity index (χ1v) is 9.98. The summed E-state index contributed by atoms with van der Waals surface area (Å²) in [6, 6.07) is 15.0. The Morgan fingerprint density at radius 2 is 1.88 bits per heavy atom. The Labute approximate surface area is 148 Å². The van der Waals surface area contributed by atoms with Crippen LogP contribution in [0.4, 0.5) is 0 Å². The minimum atomic E-state index is -3.46. The molecular formula is C19H23NO4S. The van der Waals surface area contributed by atoms with Gasteiger partial charge in [0.25, 0.3) is 0 Å². The maximum Gasteiger partial charge on any atom is 0.212 e. The van der Waals surface area contributed by atoms with Gasteiger partial charge in [0.1, 0.15) is 11.4 Å². The highest BCUT2D eigenvalue weighted by Gasteiger charge is 2.37. The second-order valence-corrected chi connectivity index (χ2v) is 8.35. The van der Waals surface area contributed by atoms with E-state index in [1.807, 2.05) is 48.5 Å². The molecule has 2 aromatic rings. The van der Waals surface area contributed by atoms with Crippen molar-refractivity contribution in [1.82, 2.24) is 4.72 Å². The van der Waals surface area contributed by atoms with Gasteiger partial charge in [-0.3, -0.25) is 0 Å². The number of sulfonamides is 1. The fourth-order valence-corrected chi connectivity index (χ4v) is 4.31. The molecule has 0 saturated heterocycles. The van der Waals surface area contributed by atoms with E-state index in [1.54, 1.807) is 7.11 Å². The Kier molecular flexibility index (Phi) is 5.13. The summed E-state index contributed by atoms with van der Waals surface area (Å²) in [4.78, 5) is 0. The minimum Gasteiger partial charge on any atom is -0.497 e. The van der Waals surface area contributed by atoms with Crippen LogP contribution >= 0.6 is 0 Å². The summed E-state index contributed by atoms with van der Waals surface area (Å²) < 4.78 is 32.2. The zero-order valence-corrected chi connectivity index (χ0v) is 15.1. The summed E-state index contributed by atoms with van der Waals surface area (Å²) in [5.41, 5.74) is 1.72. The molecular weight excluding hydrogens is 338 g/mol. The first-order chi connectivity index (χ1) is 11.9. The van der Waals surface area contributed by atoms with Crippen LogP contribution in [0, 0.1) is 0 Å². The summed E-state index contributed by atoms with van der Waals surface area (Å²) >= 11 is 0. The molecule has 0 radical (unpaired) electrons. The van der Waals surface area contributed by atoms with Crippen LogP contribution in [0.2, 0.25) is 0 Å². The molecule has 3 rings (SSSR count). The lowest BCUT2D eigenvalue weighted by molar-refractivity contribution is 0.0442. The monoisotopic (exact) mass is 361 g/mol. The summed E-state index contributed by atoms with van der Waals surface area (Å²) in [5, 5.41) is 10.8. The molecule has 2 N–H and O–H groups in total. The van der Waals surface area contributed by atoms with E-state index in [4.69, 9.17) is 4.74 Å². The van der Waals surface area contributed by atoms with Gasteiger partial charge in [-0.1, -0.05) is 36.4 Å². The lowest BCUT2D eigenvalue weighted by Gasteiger charge is -2.24. The third-order valence-corrected chi connectivity index (χ3v) is 6.06. The summed E-state index contributed by atoms with van der Waals surface area (Å²) in [6.45, 7) is 0.00889. The summed E-state index contributed by atoms with van der Waals surface area (Å²) in [7, 11) is -1.87. The van der Waals surface area contributed by atoms with Crippen molar-refractivity contribution in [2.24, 2.45) is 0 Å². The standard InChI is InChI=1S/C19H23NO4S/c1-24-17-8-6-15(7-9-17)11-13-25(22,23)20-14-19(21)12-10-16-4-2-3-5-18(16)19/h2-9,20-21H,10-14H2,1H3/t19-/m1/s1. The number of methoxy groups -OCH3 is 1. The van der Waals surface area contributed by atoms with E-state index in [-0.39, 0.29) is 12.3 Å². The van der Waals surface area contributed by atoms with Gasteiger partial charge in [0.15, 0.2) is 0 Å². The Bertz CT molecular complexity index is 833. The van der Waals surface area contributed by atoms with E-state index in [2.05, 4.69) is 4.72 Å². The highest BCUT2D eigenvalue weighted by Crippen LogP contribution is 2.36. The predicted octanol–water partition coefficient (Wildman–Crippen LogP) is 1.99. The Balaban J connectivity index is 1.58. The lowest BCUT2D eigenvalue weighted by Crippen LogP contribution is -2.40. The van der Waals surface area contributed by atoms with Crippen LogP contribution in [-0.2, 0) is 28.5 Å². The average Bonchev–Trinajstić information content (AvgIpc) is 2.97. The molecule has 0 spiro atoms.